The lowest BCUT2D eigenvalue weighted by Crippen LogP contribution is -2.15. The molecule has 3 rings (SSSR count). The van der Waals surface area contributed by atoms with Crippen LogP contribution in [0.4, 0.5) is 0 Å². The highest BCUT2D eigenvalue weighted by molar-refractivity contribution is 6.20. The highest BCUT2D eigenvalue weighted by Crippen LogP contribution is 2.34. The first kappa shape index (κ1) is 13.2. The molecule has 0 aliphatic carbocycles. The van der Waals surface area contributed by atoms with E-state index in [0.717, 1.165) is 24.2 Å². The van der Waals surface area contributed by atoms with Crippen LogP contribution in [0.3, 0.4) is 0 Å². The quantitative estimate of drug-likeness (QED) is 0.807. The SMILES string of the molecule is CCCC(Cl)c1noc(-c2ccc3c(c2)OCCO3)n1. The van der Waals surface area contributed by atoms with Crippen LogP contribution in [0.15, 0.2) is 22.7 Å². The molecule has 0 spiro atoms. The Hall–Kier alpha value is -1.75. The summed E-state index contributed by atoms with van der Waals surface area (Å²) in [7, 11) is 0. The predicted molar refractivity (Wildman–Crippen MR) is 74.2 cm³/mol. The van der Waals surface area contributed by atoms with E-state index < -0.39 is 0 Å². The van der Waals surface area contributed by atoms with Crippen LogP contribution < -0.4 is 9.47 Å². The van der Waals surface area contributed by atoms with Crippen LogP contribution in [0.1, 0.15) is 31.0 Å². The van der Waals surface area contributed by atoms with Crippen LogP contribution in [0.5, 0.6) is 11.5 Å². The molecule has 1 aromatic carbocycles. The number of alkyl halides is 1. The first-order valence-corrected chi connectivity index (χ1v) is 7.09. The lowest BCUT2D eigenvalue weighted by atomic mass is 10.2. The van der Waals surface area contributed by atoms with E-state index in [0.29, 0.717) is 30.7 Å². The Morgan fingerprint density at radius 3 is 2.85 bits per heavy atom. The Labute approximate surface area is 121 Å². The van der Waals surface area contributed by atoms with Gasteiger partial charge in [0.25, 0.3) is 5.89 Å². The molecular weight excluding hydrogens is 280 g/mol. The number of hydrogen-bond donors (Lipinski definition) is 0. The predicted octanol–water partition coefficient (Wildman–Crippen LogP) is 3.59. The molecular formula is C14H15ClN2O3. The number of benzene rings is 1. The third-order valence-corrected chi connectivity index (χ3v) is 3.47. The maximum Gasteiger partial charge on any atom is 0.258 e. The van der Waals surface area contributed by atoms with Crippen LogP contribution in [0.2, 0.25) is 0 Å². The standard InChI is InChI=1S/C14H15ClN2O3/c1-2-3-10(15)13-16-14(20-17-13)9-4-5-11-12(8-9)19-7-6-18-11/h4-5,8,10H,2-3,6-7H2,1H3. The maximum atomic E-state index is 6.19. The molecule has 106 valence electrons. The fourth-order valence-corrected chi connectivity index (χ4v) is 2.35. The van der Waals surface area contributed by atoms with E-state index in [1.54, 1.807) is 0 Å². The van der Waals surface area contributed by atoms with E-state index in [-0.39, 0.29) is 5.38 Å². The van der Waals surface area contributed by atoms with E-state index >= 15 is 0 Å². The number of hydrogen-bond acceptors (Lipinski definition) is 5. The number of nitrogens with zero attached hydrogens (tertiary/aromatic N) is 2. The molecule has 0 bridgehead atoms. The van der Waals surface area contributed by atoms with Gasteiger partial charge in [0.15, 0.2) is 17.3 Å². The van der Waals surface area contributed by atoms with Gasteiger partial charge in [0.2, 0.25) is 0 Å². The second-order valence-electron chi connectivity index (χ2n) is 4.57. The topological polar surface area (TPSA) is 57.4 Å². The van der Waals surface area contributed by atoms with Crippen LogP contribution in [0.25, 0.3) is 11.5 Å². The highest BCUT2D eigenvalue weighted by Gasteiger charge is 2.18. The van der Waals surface area contributed by atoms with Gasteiger partial charge in [0.1, 0.15) is 13.2 Å². The molecule has 0 radical (unpaired) electrons. The minimum absolute atomic E-state index is 0.213. The second-order valence-corrected chi connectivity index (χ2v) is 5.10. The number of rotatable bonds is 4. The Morgan fingerprint density at radius 1 is 1.25 bits per heavy atom. The molecule has 1 aliphatic heterocycles. The molecule has 1 aliphatic rings. The van der Waals surface area contributed by atoms with Crippen LogP contribution in [-0.4, -0.2) is 23.4 Å². The summed E-state index contributed by atoms with van der Waals surface area (Å²) >= 11 is 6.19. The van der Waals surface area contributed by atoms with Gasteiger partial charge in [-0.05, 0) is 24.6 Å². The lowest BCUT2D eigenvalue weighted by Gasteiger charge is -2.18. The number of aromatic nitrogens is 2. The van der Waals surface area contributed by atoms with Gasteiger partial charge in [0, 0.05) is 5.56 Å². The molecule has 20 heavy (non-hydrogen) atoms. The number of ether oxygens (including phenoxy) is 2. The average molecular weight is 295 g/mol. The van der Waals surface area contributed by atoms with E-state index in [2.05, 4.69) is 17.1 Å². The third-order valence-electron chi connectivity index (χ3n) is 3.05. The van der Waals surface area contributed by atoms with Crippen molar-refractivity contribution in [2.75, 3.05) is 13.2 Å². The van der Waals surface area contributed by atoms with E-state index in [4.69, 9.17) is 25.6 Å². The summed E-state index contributed by atoms with van der Waals surface area (Å²) in [5.41, 5.74) is 0.799. The molecule has 1 unspecified atom stereocenters. The van der Waals surface area contributed by atoms with Crippen molar-refractivity contribution in [2.45, 2.75) is 25.1 Å². The molecule has 0 N–H and O–H groups in total. The zero-order valence-electron chi connectivity index (χ0n) is 11.1. The Kier molecular flexibility index (Phi) is 3.78. The van der Waals surface area contributed by atoms with Crippen LogP contribution >= 0.6 is 11.6 Å². The van der Waals surface area contributed by atoms with Crippen LogP contribution in [-0.2, 0) is 0 Å². The molecule has 5 nitrogen and oxygen atoms in total. The Bertz CT molecular complexity index is 600. The highest BCUT2D eigenvalue weighted by atomic mass is 35.5. The van der Waals surface area contributed by atoms with Crippen molar-refractivity contribution >= 4 is 11.6 Å². The molecule has 0 saturated carbocycles. The molecule has 0 saturated heterocycles. The Balaban J connectivity index is 1.86. The van der Waals surface area contributed by atoms with Crippen LogP contribution in [0, 0.1) is 0 Å². The van der Waals surface area contributed by atoms with Crippen molar-refractivity contribution < 1.29 is 14.0 Å². The minimum atomic E-state index is -0.213. The zero-order valence-corrected chi connectivity index (χ0v) is 11.9. The summed E-state index contributed by atoms with van der Waals surface area (Å²) in [6.45, 7) is 3.19. The molecule has 2 aromatic rings. The second kappa shape index (κ2) is 5.71. The van der Waals surface area contributed by atoms with Crippen molar-refractivity contribution in [2.24, 2.45) is 0 Å². The van der Waals surface area contributed by atoms with Crippen molar-refractivity contribution in [3.8, 4) is 23.0 Å². The minimum Gasteiger partial charge on any atom is -0.486 e. The van der Waals surface area contributed by atoms with Crippen molar-refractivity contribution in [1.29, 1.82) is 0 Å². The molecule has 1 aromatic heterocycles. The van der Waals surface area contributed by atoms with Gasteiger partial charge >= 0.3 is 0 Å². The molecule has 0 amide bonds. The van der Waals surface area contributed by atoms with Crippen molar-refractivity contribution in [3.63, 3.8) is 0 Å². The first-order chi connectivity index (χ1) is 9.78. The normalized spacial score (nSPS) is 15.1. The van der Waals surface area contributed by atoms with Crippen molar-refractivity contribution in [1.82, 2.24) is 10.1 Å². The fourth-order valence-electron chi connectivity index (χ4n) is 2.04. The average Bonchev–Trinajstić information content (AvgIpc) is 2.97. The summed E-state index contributed by atoms with van der Waals surface area (Å²) in [5, 5.41) is 3.72. The summed E-state index contributed by atoms with van der Waals surface area (Å²) in [6, 6.07) is 5.56. The number of halogens is 1. The fraction of sp³-hybridized carbons (Fsp3) is 0.429. The van der Waals surface area contributed by atoms with E-state index in [9.17, 15) is 0 Å². The summed E-state index contributed by atoms with van der Waals surface area (Å²) < 4.78 is 16.3. The molecule has 6 heteroatoms. The molecule has 1 atom stereocenters. The summed E-state index contributed by atoms with van der Waals surface area (Å²) in [6.07, 6.45) is 1.80. The largest absolute Gasteiger partial charge is 0.486 e. The van der Waals surface area contributed by atoms with Gasteiger partial charge in [0.05, 0.1) is 5.38 Å². The maximum absolute atomic E-state index is 6.19. The smallest absolute Gasteiger partial charge is 0.258 e. The monoisotopic (exact) mass is 294 g/mol. The van der Waals surface area contributed by atoms with Crippen molar-refractivity contribution in [3.05, 3.63) is 24.0 Å². The molecule has 0 fully saturated rings. The van der Waals surface area contributed by atoms with Gasteiger partial charge < -0.3 is 14.0 Å². The number of fused-ring (bicyclic) bond motifs is 1. The van der Waals surface area contributed by atoms with Gasteiger partial charge in [-0.2, -0.15) is 4.98 Å². The zero-order chi connectivity index (χ0) is 13.9. The summed E-state index contributed by atoms with van der Waals surface area (Å²) in [5.74, 6) is 2.41. The van der Waals surface area contributed by atoms with Gasteiger partial charge in [-0.3, -0.25) is 0 Å². The van der Waals surface area contributed by atoms with Gasteiger partial charge in [-0.25, -0.2) is 0 Å². The summed E-state index contributed by atoms with van der Waals surface area (Å²) in [4.78, 5) is 4.34. The van der Waals surface area contributed by atoms with E-state index in [1.807, 2.05) is 18.2 Å². The van der Waals surface area contributed by atoms with Gasteiger partial charge in [-0.15, -0.1) is 11.6 Å². The third kappa shape index (κ3) is 2.58. The lowest BCUT2D eigenvalue weighted by molar-refractivity contribution is 0.171. The van der Waals surface area contributed by atoms with E-state index in [1.165, 1.54) is 0 Å². The molecule has 2 heterocycles. The Morgan fingerprint density at radius 2 is 2.05 bits per heavy atom. The first-order valence-electron chi connectivity index (χ1n) is 6.65. The van der Waals surface area contributed by atoms with Gasteiger partial charge in [-0.1, -0.05) is 18.5 Å².